The van der Waals surface area contributed by atoms with E-state index in [4.69, 9.17) is 9.47 Å². The summed E-state index contributed by atoms with van der Waals surface area (Å²) in [5, 5.41) is 0. The smallest absolute Gasteiger partial charge is 0.161 e. The lowest BCUT2D eigenvalue weighted by Gasteiger charge is -2.14. The van der Waals surface area contributed by atoms with Gasteiger partial charge in [0.05, 0.1) is 20.8 Å². The zero-order valence-electron chi connectivity index (χ0n) is 20.3. The van der Waals surface area contributed by atoms with Crippen LogP contribution in [-0.2, 0) is 0 Å². The fraction of sp³-hybridized carbons (Fsp3) is 0.571. The standard InChI is InChI=1S/C28H40Br2O2S/c1-3-5-7-9-11-13-19-31-25-18-16-23(15-17-24-22-27(29)33-28(24)30)21-26(25)32-20-14-12-10-8-6-4-2/h15-18,21-22H,3-14,19-20H2,1-2H3/b17-15+. The Hall–Kier alpha value is -0.780. The molecule has 0 N–H and O–H groups in total. The van der Waals surface area contributed by atoms with Gasteiger partial charge >= 0.3 is 0 Å². The van der Waals surface area contributed by atoms with Gasteiger partial charge in [-0.1, -0.05) is 96.3 Å². The predicted molar refractivity (Wildman–Crippen MR) is 153 cm³/mol. The summed E-state index contributed by atoms with van der Waals surface area (Å²) in [5.41, 5.74) is 2.29. The van der Waals surface area contributed by atoms with Crippen LogP contribution < -0.4 is 9.47 Å². The zero-order valence-corrected chi connectivity index (χ0v) is 24.3. The fourth-order valence-corrected chi connectivity index (χ4v) is 6.40. The molecule has 184 valence electrons. The molecule has 0 unspecified atom stereocenters. The molecule has 33 heavy (non-hydrogen) atoms. The highest BCUT2D eigenvalue weighted by Gasteiger charge is 2.07. The minimum atomic E-state index is 0.746. The second-order valence-corrected chi connectivity index (χ2v) is 12.3. The molecule has 0 saturated carbocycles. The number of unbranched alkanes of at least 4 members (excludes halogenated alkanes) is 10. The molecular formula is C28H40Br2O2S. The van der Waals surface area contributed by atoms with E-state index in [9.17, 15) is 0 Å². The number of ether oxygens (including phenoxy) is 2. The normalized spacial score (nSPS) is 11.4. The lowest BCUT2D eigenvalue weighted by atomic mass is 10.1. The lowest BCUT2D eigenvalue weighted by Crippen LogP contribution is -2.03. The minimum Gasteiger partial charge on any atom is -0.490 e. The van der Waals surface area contributed by atoms with Crippen molar-refractivity contribution in [1.29, 1.82) is 0 Å². The molecule has 0 atom stereocenters. The number of benzene rings is 1. The summed E-state index contributed by atoms with van der Waals surface area (Å²) in [6.45, 7) is 6.01. The van der Waals surface area contributed by atoms with Gasteiger partial charge in [-0.25, -0.2) is 0 Å². The van der Waals surface area contributed by atoms with Gasteiger partial charge in [0, 0.05) is 5.56 Å². The number of thiophene rings is 1. The molecule has 1 aromatic carbocycles. The van der Waals surface area contributed by atoms with Crippen LogP contribution in [-0.4, -0.2) is 13.2 Å². The third-order valence-corrected chi connectivity index (χ3v) is 8.00. The second-order valence-electron chi connectivity index (χ2n) is 8.55. The summed E-state index contributed by atoms with van der Waals surface area (Å²) < 4.78 is 14.6. The molecular weight excluding hydrogens is 560 g/mol. The van der Waals surface area contributed by atoms with Crippen molar-refractivity contribution in [3.8, 4) is 11.5 Å². The zero-order chi connectivity index (χ0) is 23.7. The summed E-state index contributed by atoms with van der Waals surface area (Å²) >= 11 is 8.86. The molecule has 2 nitrogen and oxygen atoms in total. The Morgan fingerprint density at radius 2 is 1.27 bits per heavy atom. The number of rotatable bonds is 18. The first-order chi connectivity index (χ1) is 16.1. The molecule has 1 aromatic heterocycles. The second kappa shape index (κ2) is 17.6. The van der Waals surface area contributed by atoms with Crippen LogP contribution in [0.2, 0.25) is 0 Å². The molecule has 0 aliphatic rings. The molecule has 0 aliphatic heterocycles. The van der Waals surface area contributed by atoms with E-state index in [1.807, 2.05) is 0 Å². The maximum absolute atomic E-state index is 6.20. The van der Waals surface area contributed by atoms with Crippen molar-refractivity contribution < 1.29 is 9.47 Å². The van der Waals surface area contributed by atoms with Gasteiger partial charge in [-0.05, 0) is 68.5 Å². The first-order valence-electron chi connectivity index (χ1n) is 12.7. The van der Waals surface area contributed by atoms with Gasteiger partial charge < -0.3 is 9.47 Å². The van der Waals surface area contributed by atoms with Gasteiger partial charge in [-0.2, -0.15) is 0 Å². The van der Waals surface area contributed by atoms with E-state index in [0.717, 1.165) is 50.7 Å². The Kier molecular flexibility index (Phi) is 15.2. The molecule has 0 radical (unpaired) electrons. The van der Waals surface area contributed by atoms with Gasteiger partial charge in [0.25, 0.3) is 0 Å². The van der Waals surface area contributed by atoms with Crippen LogP contribution in [0.25, 0.3) is 12.2 Å². The van der Waals surface area contributed by atoms with Crippen LogP contribution >= 0.6 is 43.2 Å². The highest BCUT2D eigenvalue weighted by Crippen LogP contribution is 2.34. The van der Waals surface area contributed by atoms with E-state index >= 15 is 0 Å². The van der Waals surface area contributed by atoms with Crippen LogP contribution in [0.1, 0.15) is 102 Å². The molecule has 5 heteroatoms. The summed E-state index contributed by atoms with van der Waals surface area (Å²) in [6.07, 6.45) is 19.4. The van der Waals surface area contributed by atoms with E-state index in [-0.39, 0.29) is 0 Å². The van der Waals surface area contributed by atoms with Crippen LogP contribution in [0.4, 0.5) is 0 Å². The Bertz CT molecular complexity index is 816. The fourth-order valence-electron chi connectivity index (χ4n) is 3.64. The molecule has 0 spiro atoms. The predicted octanol–water partition coefficient (Wildman–Crippen LogP) is 10.9. The largest absolute Gasteiger partial charge is 0.490 e. The van der Waals surface area contributed by atoms with Crippen molar-refractivity contribution in [3.63, 3.8) is 0 Å². The maximum atomic E-state index is 6.20. The minimum absolute atomic E-state index is 0.746. The quantitative estimate of drug-likeness (QED) is 0.159. The highest BCUT2D eigenvalue weighted by molar-refractivity contribution is 9.12. The third kappa shape index (κ3) is 12.0. The van der Waals surface area contributed by atoms with Crippen molar-refractivity contribution in [2.45, 2.75) is 90.9 Å². The van der Waals surface area contributed by atoms with Gasteiger partial charge in [0.1, 0.15) is 0 Å². The lowest BCUT2D eigenvalue weighted by molar-refractivity contribution is 0.258. The maximum Gasteiger partial charge on any atom is 0.161 e. The van der Waals surface area contributed by atoms with E-state index in [1.54, 1.807) is 11.3 Å². The van der Waals surface area contributed by atoms with Crippen LogP contribution in [0.5, 0.6) is 11.5 Å². The highest BCUT2D eigenvalue weighted by atomic mass is 79.9. The first-order valence-corrected chi connectivity index (χ1v) is 15.1. The Balaban J connectivity index is 1.93. The van der Waals surface area contributed by atoms with Crippen LogP contribution in [0.3, 0.4) is 0 Å². The number of hydrogen-bond acceptors (Lipinski definition) is 3. The molecule has 0 saturated heterocycles. The van der Waals surface area contributed by atoms with Crippen molar-refractivity contribution in [2.75, 3.05) is 13.2 Å². The Morgan fingerprint density at radius 3 is 1.85 bits per heavy atom. The molecule has 0 amide bonds. The van der Waals surface area contributed by atoms with E-state index < -0.39 is 0 Å². The van der Waals surface area contributed by atoms with Crippen LogP contribution in [0.15, 0.2) is 31.8 Å². The van der Waals surface area contributed by atoms with Crippen molar-refractivity contribution in [3.05, 3.63) is 43.0 Å². The molecule has 2 aromatic rings. The summed E-state index contributed by atoms with van der Waals surface area (Å²) in [7, 11) is 0. The van der Waals surface area contributed by atoms with Crippen molar-refractivity contribution in [1.82, 2.24) is 0 Å². The van der Waals surface area contributed by atoms with Gasteiger partial charge in [0.15, 0.2) is 11.5 Å². The van der Waals surface area contributed by atoms with Crippen molar-refractivity contribution in [2.24, 2.45) is 0 Å². The summed E-state index contributed by atoms with van der Waals surface area (Å²) in [5.74, 6) is 1.73. The first kappa shape index (κ1) is 28.5. The van der Waals surface area contributed by atoms with E-state index in [1.165, 1.54) is 69.8 Å². The summed E-state index contributed by atoms with van der Waals surface area (Å²) in [6, 6.07) is 8.41. The molecule has 0 aliphatic carbocycles. The molecule has 0 fully saturated rings. The van der Waals surface area contributed by atoms with E-state index in [2.05, 4.69) is 82.1 Å². The topological polar surface area (TPSA) is 18.5 Å². The van der Waals surface area contributed by atoms with Crippen LogP contribution in [0, 0.1) is 0 Å². The Morgan fingerprint density at radius 1 is 0.697 bits per heavy atom. The molecule has 2 rings (SSSR count). The summed E-state index contributed by atoms with van der Waals surface area (Å²) in [4.78, 5) is 0. The third-order valence-electron chi connectivity index (χ3n) is 5.62. The number of hydrogen-bond donors (Lipinski definition) is 0. The monoisotopic (exact) mass is 598 g/mol. The SMILES string of the molecule is CCCCCCCCOc1ccc(/C=C/c2cc(Br)sc2Br)cc1OCCCCCCCC. The number of halogens is 2. The van der Waals surface area contributed by atoms with E-state index in [0.29, 0.717) is 0 Å². The Labute approximate surface area is 222 Å². The van der Waals surface area contributed by atoms with Gasteiger partial charge in [0.2, 0.25) is 0 Å². The average molecular weight is 601 g/mol. The average Bonchev–Trinajstić information content (AvgIpc) is 3.14. The molecule has 1 heterocycles. The van der Waals surface area contributed by atoms with Gasteiger partial charge in [-0.3, -0.25) is 0 Å². The van der Waals surface area contributed by atoms with Crippen molar-refractivity contribution >= 4 is 55.3 Å². The molecule has 0 bridgehead atoms. The van der Waals surface area contributed by atoms with Gasteiger partial charge in [-0.15, -0.1) is 11.3 Å².